The molecule has 1 aliphatic carbocycles. The van der Waals surface area contributed by atoms with Crippen LogP contribution in [0.1, 0.15) is 30.7 Å². The van der Waals surface area contributed by atoms with Crippen LogP contribution in [0.25, 0.3) is 0 Å². The molecule has 0 bridgehead atoms. The van der Waals surface area contributed by atoms with Gasteiger partial charge in [0.05, 0.1) is 0 Å². The number of nitrogens with zero attached hydrogens (tertiary/aromatic N) is 2. The quantitative estimate of drug-likeness (QED) is 0.729. The lowest BCUT2D eigenvalue weighted by molar-refractivity contribution is -0.135. The minimum atomic E-state index is -0.0898. The number of piperidine rings is 1. The first-order valence-corrected chi connectivity index (χ1v) is 10.7. The molecule has 1 saturated heterocycles. The van der Waals surface area contributed by atoms with Crippen LogP contribution in [0.5, 0.6) is 0 Å². The van der Waals surface area contributed by atoms with Crippen molar-refractivity contribution in [2.75, 3.05) is 18.4 Å². The van der Waals surface area contributed by atoms with Gasteiger partial charge in [-0.1, -0.05) is 29.8 Å². The molecule has 2 amide bonds. The Balaban J connectivity index is 1.28. The summed E-state index contributed by atoms with van der Waals surface area (Å²) in [4.78, 5) is 31.4. The first-order chi connectivity index (χ1) is 13.5. The Bertz CT molecular complexity index is 881. The van der Waals surface area contributed by atoms with E-state index in [1.54, 1.807) is 12.3 Å². The Morgan fingerprint density at radius 3 is 2.57 bits per heavy atom. The lowest BCUT2D eigenvalue weighted by Gasteiger charge is -2.31. The zero-order valence-electron chi connectivity index (χ0n) is 15.3. The van der Waals surface area contributed by atoms with Crippen LogP contribution >= 0.6 is 27.5 Å². The second-order valence-electron chi connectivity index (χ2n) is 7.42. The van der Waals surface area contributed by atoms with E-state index in [1.807, 2.05) is 35.2 Å². The van der Waals surface area contributed by atoms with Crippen LogP contribution < -0.4 is 5.32 Å². The highest BCUT2D eigenvalue weighted by molar-refractivity contribution is 9.10. The van der Waals surface area contributed by atoms with Crippen molar-refractivity contribution < 1.29 is 9.59 Å². The molecule has 5 nitrogen and oxygen atoms in total. The topological polar surface area (TPSA) is 62.3 Å². The second kappa shape index (κ2) is 8.21. The summed E-state index contributed by atoms with van der Waals surface area (Å²) in [5.41, 5.74) is 1.07. The summed E-state index contributed by atoms with van der Waals surface area (Å²) in [6.45, 7) is 1.24. The van der Waals surface area contributed by atoms with Gasteiger partial charge in [0.1, 0.15) is 5.82 Å². The zero-order chi connectivity index (χ0) is 19.7. The van der Waals surface area contributed by atoms with E-state index in [9.17, 15) is 9.59 Å². The van der Waals surface area contributed by atoms with Crippen LogP contribution in [-0.4, -0.2) is 34.8 Å². The fourth-order valence-electron chi connectivity index (χ4n) is 3.86. The van der Waals surface area contributed by atoms with Crippen molar-refractivity contribution in [1.29, 1.82) is 0 Å². The summed E-state index contributed by atoms with van der Waals surface area (Å²) >= 11 is 9.60. The van der Waals surface area contributed by atoms with Crippen LogP contribution in [-0.2, 0) is 9.59 Å². The lowest BCUT2D eigenvalue weighted by Crippen LogP contribution is -2.42. The fourth-order valence-corrected chi connectivity index (χ4v) is 4.37. The molecule has 1 saturated carbocycles. The Kier molecular flexibility index (Phi) is 5.69. The van der Waals surface area contributed by atoms with Crippen LogP contribution in [0.4, 0.5) is 5.82 Å². The van der Waals surface area contributed by atoms with Gasteiger partial charge in [0.15, 0.2) is 0 Å². The predicted octanol–water partition coefficient (Wildman–Crippen LogP) is 4.48. The number of hydrogen-bond donors (Lipinski definition) is 1. The summed E-state index contributed by atoms with van der Waals surface area (Å²) in [6.07, 6.45) is 3.87. The van der Waals surface area contributed by atoms with E-state index in [2.05, 4.69) is 26.2 Å². The van der Waals surface area contributed by atoms with Crippen molar-refractivity contribution in [3.63, 3.8) is 0 Å². The number of hydrogen-bond acceptors (Lipinski definition) is 3. The van der Waals surface area contributed by atoms with Crippen molar-refractivity contribution >= 4 is 45.2 Å². The van der Waals surface area contributed by atoms with Gasteiger partial charge in [-0.15, -0.1) is 0 Å². The van der Waals surface area contributed by atoms with Gasteiger partial charge in [-0.25, -0.2) is 4.98 Å². The minimum absolute atomic E-state index is 0.0252. The molecule has 1 aromatic heterocycles. The number of likely N-dealkylation sites (tertiary alicyclic amines) is 1. The van der Waals surface area contributed by atoms with Crippen LogP contribution in [0.3, 0.4) is 0 Å². The SMILES string of the molecule is O=C(Nc1ccc(Br)cn1)C1CCN(C(=O)C2CC2c2ccccc2Cl)CC1. The second-order valence-corrected chi connectivity index (χ2v) is 8.74. The molecule has 1 aliphatic heterocycles. The third-order valence-corrected chi connectivity index (χ3v) is 6.38. The highest BCUT2D eigenvalue weighted by atomic mass is 79.9. The van der Waals surface area contributed by atoms with E-state index in [0.717, 1.165) is 21.5 Å². The normalized spacial score (nSPS) is 22.0. The Morgan fingerprint density at radius 1 is 1.14 bits per heavy atom. The molecule has 0 radical (unpaired) electrons. The monoisotopic (exact) mass is 461 g/mol. The highest BCUT2D eigenvalue weighted by Crippen LogP contribution is 2.50. The Hall–Kier alpha value is -1.92. The fraction of sp³-hybridized carbons (Fsp3) is 0.381. The number of pyridine rings is 1. The maximum Gasteiger partial charge on any atom is 0.228 e. The number of rotatable bonds is 4. The molecule has 28 heavy (non-hydrogen) atoms. The van der Waals surface area contributed by atoms with Crippen molar-refractivity contribution in [2.24, 2.45) is 11.8 Å². The molecule has 2 aliphatic rings. The van der Waals surface area contributed by atoms with Gasteiger partial charge in [-0.2, -0.15) is 0 Å². The third-order valence-electron chi connectivity index (χ3n) is 5.57. The first-order valence-electron chi connectivity index (χ1n) is 9.48. The van der Waals surface area contributed by atoms with Gasteiger partial charge < -0.3 is 10.2 Å². The lowest BCUT2D eigenvalue weighted by atomic mass is 9.95. The van der Waals surface area contributed by atoms with E-state index < -0.39 is 0 Å². The molecule has 4 rings (SSSR count). The van der Waals surface area contributed by atoms with Gasteiger partial charge in [0.2, 0.25) is 11.8 Å². The number of carbonyl (C=O) groups is 2. The number of halogens is 2. The largest absolute Gasteiger partial charge is 0.342 e. The van der Waals surface area contributed by atoms with Gasteiger partial charge in [0.25, 0.3) is 0 Å². The summed E-state index contributed by atoms with van der Waals surface area (Å²) < 4.78 is 0.868. The molecule has 7 heteroatoms. The van der Waals surface area contributed by atoms with E-state index >= 15 is 0 Å². The van der Waals surface area contributed by atoms with Crippen LogP contribution in [0, 0.1) is 11.8 Å². The van der Waals surface area contributed by atoms with Crippen molar-refractivity contribution in [3.8, 4) is 0 Å². The van der Waals surface area contributed by atoms with Crippen molar-refractivity contribution in [1.82, 2.24) is 9.88 Å². The molecule has 2 atom stereocenters. The number of aromatic nitrogens is 1. The predicted molar refractivity (Wildman–Crippen MR) is 112 cm³/mol. The smallest absolute Gasteiger partial charge is 0.228 e. The average molecular weight is 463 g/mol. The van der Waals surface area contributed by atoms with Gasteiger partial charge in [0, 0.05) is 40.6 Å². The van der Waals surface area contributed by atoms with E-state index in [-0.39, 0.29) is 29.6 Å². The van der Waals surface area contributed by atoms with E-state index in [0.29, 0.717) is 31.7 Å². The number of anilines is 1. The number of amides is 2. The summed E-state index contributed by atoms with van der Waals surface area (Å²) in [6, 6.07) is 11.4. The van der Waals surface area contributed by atoms with E-state index in [1.165, 1.54) is 0 Å². The maximum atomic E-state index is 12.8. The molecule has 1 aromatic carbocycles. The molecule has 2 aromatic rings. The molecular weight excluding hydrogens is 442 g/mol. The van der Waals surface area contributed by atoms with Gasteiger partial charge in [-0.05, 0) is 64.9 Å². The molecule has 1 N–H and O–H groups in total. The molecule has 2 unspecified atom stereocenters. The van der Waals surface area contributed by atoms with E-state index in [4.69, 9.17) is 11.6 Å². The summed E-state index contributed by atoms with van der Waals surface area (Å²) in [5.74, 6) is 0.879. The van der Waals surface area contributed by atoms with Gasteiger partial charge in [-0.3, -0.25) is 9.59 Å². The third kappa shape index (κ3) is 4.23. The Morgan fingerprint density at radius 2 is 1.89 bits per heavy atom. The van der Waals surface area contributed by atoms with Crippen LogP contribution in [0.2, 0.25) is 5.02 Å². The first kappa shape index (κ1) is 19.4. The summed E-state index contributed by atoms with van der Waals surface area (Å²) in [5, 5.41) is 3.60. The molecule has 2 fully saturated rings. The van der Waals surface area contributed by atoms with Crippen molar-refractivity contribution in [3.05, 3.63) is 57.7 Å². The standard InChI is InChI=1S/C21H21BrClN3O2/c22-14-5-6-19(24-12-14)25-20(27)13-7-9-26(10-8-13)21(28)17-11-16(17)15-3-1-2-4-18(15)23/h1-6,12-13,16-17H,7-11H2,(H,24,25,27). The minimum Gasteiger partial charge on any atom is -0.342 e. The van der Waals surface area contributed by atoms with Gasteiger partial charge >= 0.3 is 0 Å². The molecule has 2 heterocycles. The number of carbonyl (C=O) groups excluding carboxylic acids is 2. The maximum absolute atomic E-state index is 12.8. The Labute approximate surface area is 177 Å². The number of nitrogens with one attached hydrogen (secondary N) is 1. The van der Waals surface area contributed by atoms with Crippen molar-refractivity contribution in [2.45, 2.75) is 25.2 Å². The molecular formula is C21H21BrClN3O2. The zero-order valence-corrected chi connectivity index (χ0v) is 17.6. The van der Waals surface area contributed by atoms with Crippen LogP contribution in [0.15, 0.2) is 47.1 Å². The average Bonchev–Trinajstić information content (AvgIpc) is 3.50. The summed E-state index contributed by atoms with van der Waals surface area (Å²) in [7, 11) is 0. The highest BCUT2D eigenvalue weighted by Gasteiger charge is 2.47. The molecule has 146 valence electrons. The number of benzene rings is 1. The molecule has 0 spiro atoms.